The first-order valence-electron chi connectivity index (χ1n) is 5.83. The number of benzene rings is 1. The van der Waals surface area contributed by atoms with Gasteiger partial charge in [0.2, 0.25) is 0 Å². The van der Waals surface area contributed by atoms with Crippen LogP contribution < -0.4 is 10.1 Å². The summed E-state index contributed by atoms with van der Waals surface area (Å²) in [5, 5.41) is 2.75. The number of aromatic nitrogens is 1. The molecule has 0 aliphatic carbocycles. The van der Waals surface area contributed by atoms with Gasteiger partial charge in [-0.2, -0.15) is 0 Å². The Morgan fingerprint density at radius 1 is 1.21 bits per heavy atom. The Bertz CT molecular complexity index is 529. The minimum absolute atomic E-state index is 0.204. The highest BCUT2D eigenvalue weighted by Gasteiger charge is 2.05. The molecule has 0 aliphatic rings. The summed E-state index contributed by atoms with van der Waals surface area (Å²) < 4.78 is 6.31. The summed E-state index contributed by atoms with van der Waals surface area (Å²) in [7, 11) is 0. The third-order valence-electron chi connectivity index (χ3n) is 2.36. The second-order valence-electron chi connectivity index (χ2n) is 3.78. The van der Waals surface area contributed by atoms with E-state index in [-0.39, 0.29) is 5.91 Å². The average Bonchev–Trinajstić information content (AvgIpc) is 2.45. The molecule has 0 saturated heterocycles. The van der Waals surface area contributed by atoms with Crippen molar-refractivity contribution in [2.75, 3.05) is 13.2 Å². The Balaban J connectivity index is 1.74. The Morgan fingerprint density at radius 2 is 2.00 bits per heavy atom. The quantitative estimate of drug-likeness (QED) is 0.862. The van der Waals surface area contributed by atoms with Crippen LogP contribution in [0.5, 0.6) is 5.75 Å². The van der Waals surface area contributed by atoms with Crippen LogP contribution in [0.15, 0.2) is 53.1 Å². The largest absolute Gasteiger partial charge is 0.492 e. The lowest BCUT2D eigenvalue weighted by atomic mass is 10.3. The molecule has 4 nitrogen and oxygen atoms in total. The van der Waals surface area contributed by atoms with Crippen molar-refractivity contribution in [3.8, 4) is 5.75 Å². The Labute approximate surface area is 119 Å². The first kappa shape index (κ1) is 13.5. The van der Waals surface area contributed by atoms with Gasteiger partial charge in [0.1, 0.15) is 18.1 Å². The number of rotatable bonds is 5. The maximum Gasteiger partial charge on any atom is 0.269 e. The first-order chi connectivity index (χ1) is 9.25. The lowest BCUT2D eigenvalue weighted by Gasteiger charge is -2.07. The molecule has 0 unspecified atom stereocenters. The van der Waals surface area contributed by atoms with Crippen molar-refractivity contribution >= 4 is 21.8 Å². The molecule has 5 heteroatoms. The van der Waals surface area contributed by atoms with E-state index in [1.54, 1.807) is 18.3 Å². The van der Waals surface area contributed by atoms with Gasteiger partial charge in [0.25, 0.3) is 5.91 Å². The van der Waals surface area contributed by atoms with Gasteiger partial charge in [-0.3, -0.25) is 4.79 Å². The molecule has 0 spiro atoms. The van der Waals surface area contributed by atoms with Gasteiger partial charge < -0.3 is 10.1 Å². The van der Waals surface area contributed by atoms with Crippen LogP contribution in [0.25, 0.3) is 0 Å². The molecule has 98 valence electrons. The number of halogens is 1. The van der Waals surface area contributed by atoms with Gasteiger partial charge in [-0.1, -0.05) is 18.2 Å². The molecule has 0 atom stereocenters. The van der Waals surface area contributed by atoms with E-state index in [4.69, 9.17) is 4.74 Å². The normalized spacial score (nSPS) is 9.95. The van der Waals surface area contributed by atoms with Gasteiger partial charge >= 0.3 is 0 Å². The van der Waals surface area contributed by atoms with Crippen molar-refractivity contribution < 1.29 is 9.53 Å². The summed E-state index contributed by atoms with van der Waals surface area (Å²) in [6.45, 7) is 0.859. The minimum Gasteiger partial charge on any atom is -0.492 e. The minimum atomic E-state index is -0.204. The lowest BCUT2D eigenvalue weighted by molar-refractivity contribution is 0.0942. The zero-order valence-corrected chi connectivity index (χ0v) is 11.8. The summed E-state index contributed by atoms with van der Waals surface area (Å²) in [6.07, 6.45) is 1.59. The number of amides is 1. The predicted molar refractivity (Wildman–Crippen MR) is 76.2 cm³/mol. The van der Waals surface area contributed by atoms with Gasteiger partial charge in [0.05, 0.1) is 6.54 Å². The maximum absolute atomic E-state index is 11.7. The molecule has 0 saturated carbocycles. The van der Waals surface area contributed by atoms with Crippen molar-refractivity contribution in [1.82, 2.24) is 10.3 Å². The molecule has 1 heterocycles. The second kappa shape index (κ2) is 6.89. The SMILES string of the molecule is O=C(NCCOc1ccccc1)c1ccc(Br)cn1. The third-order valence-corrected chi connectivity index (χ3v) is 2.83. The fourth-order valence-electron chi connectivity index (χ4n) is 1.45. The van der Waals surface area contributed by atoms with E-state index in [0.717, 1.165) is 10.2 Å². The second-order valence-corrected chi connectivity index (χ2v) is 4.69. The van der Waals surface area contributed by atoms with Crippen molar-refractivity contribution in [2.45, 2.75) is 0 Å². The summed E-state index contributed by atoms with van der Waals surface area (Å²) in [4.78, 5) is 15.7. The maximum atomic E-state index is 11.7. The summed E-state index contributed by atoms with van der Waals surface area (Å²) in [5.74, 6) is 0.586. The van der Waals surface area contributed by atoms with E-state index in [9.17, 15) is 4.79 Å². The monoisotopic (exact) mass is 320 g/mol. The summed E-state index contributed by atoms with van der Waals surface area (Å²) >= 11 is 3.27. The fourth-order valence-corrected chi connectivity index (χ4v) is 1.69. The van der Waals surface area contributed by atoms with Crippen LogP contribution in [0.4, 0.5) is 0 Å². The third kappa shape index (κ3) is 4.37. The topological polar surface area (TPSA) is 51.2 Å². The number of nitrogens with zero attached hydrogens (tertiary/aromatic N) is 1. The van der Waals surface area contributed by atoms with Crippen LogP contribution in [0.2, 0.25) is 0 Å². The van der Waals surface area contributed by atoms with Crippen molar-refractivity contribution in [3.63, 3.8) is 0 Å². The van der Waals surface area contributed by atoms with E-state index in [0.29, 0.717) is 18.8 Å². The summed E-state index contributed by atoms with van der Waals surface area (Å²) in [6, 6.07) is 12.9. The molecular formula is C14H13BrN2O2. The number of carbonyl (C=O) groups is 1. The number of hydrogen-bond acceptors (Lipinski definition) is 3. The standard InChI is InChI=1S/C14H13BrN2O2/c15-11-6-7-13(17-10-11)14(18)16-8-9-19-12-4-2-1-3-5-12/h1-7,10H,8-9H2,(H,16,18). The molecule has 1 amide bonds. The van der Waals surface area contributed by atoms with Crippen LogP contribution in [-0.2, 0) is 0 Å². The molecule has 0 fully saturated rings. The summed E-state index contributed by atoms with van der Waals surface area (Å²) in [5.41, 5.74) is 0.392. The molecule has 1 N–H and O–H groups in total. The van der Waals surface area contributed by atoms with Crippen molar-refractivity contribution in [1.29, 1.82) is 0 Å². The molecule has 1 aromatic heterocycles. The van der Waals surface area contributed by atoms with Crippen molar-refractivity contribution in [2.24, 2.45) is 0 Å². The fraction of sp³-hybridized carbons (Fsp3) is 0.143. The molecule has 19 heavy (non-hydrogen) atoms. The van der Waals surface area contributed by atoms with Gasteiger partial charge in [-0.25, -0.2) is 4.98 Å². The highest BCUT2D eigenvalue weighted by atomic mass is 79.9. The molecular weight excluding hydrogens is 308 g/mol. The van der Waals surface area contributed by atoms with E-state index in [1.807, 2.05) is 30.3 Å². The van der Waals surface area contributed by atoms with Crippen LogP contribution in [0.1, 0.15) is 10.5 Å². The van der Waals surface area contributed by atoms with Gasteiger partial charge in [-0.15, -0.1) is 0 Å². The van der Waals surface area contributed by atoms with Crippen molar-refractivity contribution in [3.05, 3.63) is 58.8 Å². The molecule has 1 aromatic carbocycles. The highest BCUT2D eigenvalue weighted by molar-refractivity contribution is 9.10. The average molecular weight is 321 g/mol. The predicted octanol–water partition coefficient (Wildman–Crippen LogP) is 2.65. The Morgan fingerprint density at radius 3 is 2.68 bits per heavy atom. The number of hydrogen-bond donors (Lipinski definition) is 1. The molecule has 2 rings (SSSR count). The number of para-hydroxylation sites is 1. The lowest BCUT2D eigenvalue weighted by Crippen LogP contribution is -2.28. The molecule has 0 radical (unpaired) electrons. The molecule has 2 aromatic rings. The molecule has 0 aliphatic heterocycles. The van der Waals surface area contributed by atoms with E-state index in [2.05, 4.69) is 26.2 Å². The van der Waals surface area contributed by atoms with Crippen LogP contribution in [0.3, 0.4) is 0 Å². The first-order valence-corrected chi connectivity index (χ1v) is 6.62. The zero-order valence-electron chi connectivity index (χ0n) is 10.2. The number of ether oxygens (including phenoxy) is 1. The van der Waals surface area contributed by atoms with Crippen LogP contribution in [0, 0.1) is 0 Å². The Hall–Kier alpha value is -1.88. The van der Waals surface area contributed by atoms with E-state index < -0.39 is 0 Å². The Kier molecular flexibility index (Phi) is 4.92. The van der Waals surface area contributed by atoms with Gasteiger partial charge in [-0.05, 0) is 40.2 Å². The van der Waals surface area contributed by atoms with Crippen LogP contribution >= 0.6 is 15.9 Å². The molecule has 0 bridgehead atoms. The van der Waals surface area contributed by atoms with E-state index >= 15 is 0 Å². The van der Waals surface area contributed by atoms with Gasteiger partial charge in [0, 0.05) is 10.7 Å². The van der Waals surface area contributed by atoms with Gasteiger partial charge in [0.15, 0.2) is 0 Å². The number of nitrogens with one attached hydrogen (secondary N) is 1. The number of carbonyl (C=O) groups excluding carboxylic acids is 1. The zero-order chi connectivity index (χ0) is 13.5. The number of pyridine rings is 1. The van der Waals surface area contributed by atoms with Crippen LogP contribution in [-0.4, -0.2) is 24.0 Å². The smallest absolute Gasteiger partial charge is 0.269 e. The van der Waals surface area contributed by atoms with E-state index in [1.165, 1.54) is 0 Å². The highest BCUT2D eigenvalue weighted by Crippen LogP contribution is 2.08.